The Kier molecular flexibility index (Phi) is 8.13. The molecular formula is C24H25ClN2O2. The van der Waals surface area contributed by atoms with Crippen LogP contribution in [0.1, 0.15) is 5.56 Å². The van der Waals surface area contributed by atoms with Gasteiger partial charge in [-0.2, -0.15) is 0 Å². The van der Waals surface area contributed by atoms with E-state index in [1.165, 1.54) is 0 Å². The quantitative estimate of drug-likeness (QED) is 0.407. The van der Waals surface area contributed by atoms with Gasteiger partial charge in [0.05, 0.1) is 0 Å². The molecule has 3 aromatic carbocycles. The number of anilines is 2. The van der Waals surface area contributed by atoms with E-state index in [1.807, 2.05) is 91.0 Å². The molecule has 1 atom stereocenters. The fourth-order valence-electron chi connectivity index (χ4n) is 2.68. The number of hydrogen-bond donors (Lipinski definition) is 3. The van der Waals surface area contributed by atoms with Crippen LogP contribution >= 0.6 is 11.6 Å². The van der Waals surface area contributed by atoms with Crippen molar-refractivity contribution in [3.05, 3.63) is 95.5 Å². The highest BCUT2D eigenvalue weighted by Crippen LogP contribution is 2.20. The van der Waals surface area contributed by atoms with Gasteiger partial charge in [0.15, 0.2) is 0 Å². The van der Waals surface area contributed by atoms with E-state index < -0.39 is 6.10 Å². The van der Waals surface area contributed by atoms with Gasteiger partial charge in [0, 0.05) is 29.5 Å². The summed E-state index contributed by atoms with van der Waals surface area (Å²) in [7, 11) is 0. The minimum absolute atomic E-state index is 0.235. The van der Waals surface area contributed by atoms with Crippen molar-refractivity contribution in [1.82, 2.24) is 5.32 Å². The second-order valence-electron chi connectivity index (χ2n) is 6.59. The molecule has 0 saturated heterocycles. The molecule has 0 aliphatic carbocycles. The highest BCUT2D eigenvalue weighted by atomic mass is 35.5. The molecule has 0 aromatic heterocycles. The van der Waals surface area contributed by atoms with Gasteiger partial charge < -0.3 is 20.5 Å². The third kappa shape index (κ3) is 7.62. The first-order valence-corrected chi connectivity index (χ1v) is 9.93. The number of benzene rings is 3. The van der Waals surface area contributed by atoms with E-state index in [9.17, 15) is 5.11 Å². The summed E-state index contributed by atoms with van der Waals surface area (Å²) in [5.41, 5.74) is 3.11. The summed E-state index contributed by atoms with van der Waals surface area (Å²) in [5.74, 6) is 0.727. The van der Waals surface area contributed by atoms with Gasteiger partial charge in [-0.1, -0.05) is 54.1 Å². The number of nitrogens with one attached hydrogen (secondary N) is 2. The maximum atomic E-state index is 10.1. The first-order chi connectivity index (χ1) is 14.2. The first-order valence-electron chi connectivity index (χ1n) is 9.55. The van der Waals surface area contributed by atoms with Gasteiger partial charge in [-0.15, -0.1) is 0 Å². The fourth-order valence-corrected chi connectivity index (χ4v) is 2.80. The van der Waals surface area contributed by atoms with Crippen molar-refractivity contribution in [3.8, 4) is 5.75 Å². The van der Waals surface area contributed by atoms with Crippen LogP contribution in [0.25, 0.3) is 6.08 Å². The molecule has 0 spiro atoms. The third-order valence-corrected chi connectivity index (χ3v) is 4.43. The molecule has 5 heteroatoms. The summed E-state index contributed by atoms with van der Waals surface area (Å²) in [4.78, 5) is 0. The molecule has 0 saturated carbocycles. The van der Waals surface area contributed by atoms with E-state index in [0.29, 0.717) is 13.1 Å². The Morgan fingerprint density at radius 2 is 1.59 bits per heavy atom. The molecule has 150 valence electrons. The summed E-state index contributed by atoms with van der Waals surface area (Å²) in [6, 6.07) is 25.3. The average Bonchev–Trinajstić information content (AvgIpc) is 2.75. The largest absolute Gasteiger partial charge is 0.491 e. The van der Waals surface area contributed by atoms with Crippen LogP contribution in [0.4, 0.5) is 11.4 Å². The highest BCUT2D eigenvalue weighted by molar-refractivity contribution is 6.30. The zero-order valence-electron chi connectivity index (χ0n) is 16.1. The molecule has 0 amide bonds. The van der Waals surface area contributed by atoms with Crippen LogP contribution in [-0.2, 0) is 0 Å². The second-order valence-corrected chi connectivity index (χ2v) is 7.03. The summed E-state index contributed by atoms with van der Waals surface area (Å²) >= 11 is 5.87. The predicted octanol–water partition coefficient (Wildman–Crippen LogP) is 5.13. The van der Waals surface area contributed by atoms with Crippen molar-refractivity contribution in [2.45, 2.75) is 6.10 Å². The molecule has 0 aliphatic rings. The normalized spacial score (nSPS) is 12.1. The van der Waals surface area contributed by atoms with Crippen LogP contribution in [0.15, 0.2) is 84.9 Å². The summed E-state index contributed by atoms with van der Waals surface area (Å²) in [6.07, 6.45) is 3.44. The van der Waals surface area contributed by atoms with Crippen molar-refractivity contribution in [3.63, 3.8) is 0 Å². The SMILES string of the molecule is OC(CNCC=Cc1ccc(Cl)cc1)COc1ccc(Nc2ccccc2)cc1. The number of ether oxygens (including phenoxy) is 1. The Labute approximate surface area is 176 Å². The number of aliphatic hydroxyl groups is 1. The maximum absolute atomic E-state index is 10.1. The Morgan fingerprint density at radius 3 is 2.31 bits per heavy atom. The average molecular weight is 409 g/mol. The minimum atomic E-state index is -0.582. The van der Waals surface area contributed by atoms with Gasteiger partial charge in [0.1, 0.15) is 18.5 Å². The molecule has 0 fully saturated rings. The van der Waals surface area contributed by atoms with E-state index in [-0.39, 0.29) is 6.61 Å². The van der Waals surface area contributed by atoms with E-state index in [1.54, 1.807) is 0 Å². The van der Waals surface area contributed by atoms with E-state index in [4.69, 9.17) is 16.3 Å². The third-order valence-electron chi connectivity index (χ3n) is 4.18. The van der Waals surface area contributed by atoms with Crippen LogP contribution in [0.5, 0.6) is 5.75 Å². The van der Waals surface area contributed by atoms with Gasteiger partial charge in [0.2, 0.25) is 0 Å². The molecule has 3 N–H and O–H groups in total. The minimum Gasteiger partial charge on any atom is -0.491 e. The number of rotatable bonds is 10. The zero-order chi connectivity index (χ0) is 20.3. The number of para-hydroxylation sites is 1. The van der Waals surface area contributed by atoms with Crippen molar-refractivity contribution in [2.75, 3.05) is 25.0 Å². The van der Waals surface area contributed by atoms with E-state index >= 15 is 0 Å². The van der Waals surface area contributed by atoms with Gasteiger partial charge in [-0.3, -0.25) is 0 Å². The Hall–Kier alpha value is -2.79. The van der Waals surface area contributed by atoms with Gasteiger partial charge >= 0.3 is 0 Å². The van der Waals surface area contributed by atoms with Gasteiger partial charge in [-0.25, -0.2) is 0 Å². The van der Waals surface area contributed by atoms with Crippen LogP contribution < -0.4 is 15.4 Å². The highest BCUT2D eigenvalue weighted by Gasteiger charge is 2.04. The molecule has 29 heavy (non-hydrogen) atoms. The Bertz CT molecular complexity index is 881. The first kappa shape index (κ1) is 20.9. The summed E-state index contributed by atoms with van der Waals surface area (Å²) < 4.78 is 5.66. The van der Waals surface area contributed by atoms with Gasteiger partial charge in [-0.05, 0) is 54.1 Å². The second kappa shape index (κ2) is 11.3. The smallest absolute Gasteiger partial charge is 0.119 e. The lowest BCUT2D eigenvalue weighted by Crippen LogP contribution is -2.31. The fraction of sp³-hybridized carbons (Fsp3) is 0.167. The molecule has 0 aliphatic heterocycles. The lowest BCUT2D eigenvalue weighted by atomic mass is 10.2. The lowest BCUT2D eigenvalue weighted by Gasteiger charge is -2.13. The molecule has 0 radical (unpaired) electrons. The van der Waals surface area contributed by atoms with Crippen LogP contribution in [-0.4, -0.2) is 30.9 Å². The van der Waals surface area contributed by atoms with Crippen molar-refractivity contribution < 1.29 is 9.84 Å². The van der Waals surface area contributed by atoms with Crippen LogP contribution in [0.2, 0.25) is 5.02 Å². The van der Waals surface area contributed by atoms with Crippen molar-refractivity contribution in [1.29, 1.82) is 0 Å². The molecule has 1 unspecified atom stereocenters. The van der Waals surface area contributed by atoms with E-state index in [2.05, 4.69) is 10.6 Å². The summed E-state index contributed by atoms with van der Waals surface area (Å²) in [5, 5.41) is 17.3. The van der Waals surface area contributed by atoms with Crippen LogP contribution in [0, 0.1) is 0 Å². The van der Waals surface area contributed by atoms with E-state index in [0.717, 1.165) is 27.7 Å². The summed E-state index contributed by atoms with van der Waals surface area (Å²) in [6.45, 7) is 1.36. The molecule has 3 rings (SSSR count). The van der Waals surface area contributed by atoms with Crippen molar-refractivity contribution in [2.24, 2.45) is 0 Å². The predicted molar refractivity (Wildman–Crippen MR) is 121 cm³/mol. The standard InChI is InChI=1S/C24H25ClN2O2/c25-20-10-8-19(9-11-20)5-4-16-26-17-23(28)18-29-24-14-12-22(13-15-24)27-21-6-2-1-3-7-21/h1-15,23,26-28H,16-18H2. The number of hydrogen-bond acceptors (Lipinski definition) is 4. The van der Waals surface area contributed by atoms with Crippen LogP contribution in [0.3, 0.4) is 0 Å². The topological polar surface area (TPSA) is 53.5 Å². The molecule has 0 heterocycles. The number of aliphatic hydroxyl groups excluding tert-OH is 1. The zero-order valence-corrected chi connectivity index (χ0v) is 16.8. The van der Waals surface area contributed by atoms with Gasteiger partial charge in [0.25, 0.3) is 0 Å². The molecule has 0 bridgehead atoms. The lowest BCUT2D eigenvalue weighted by molar-refractivity contribution is 0.107. The molecule has 4 nitrogen and oxygen atoms in total. The Morgan fingerprint density at radius 1 is 0.897 bits per heavy atom. The number of halogens is 1. The Balaban J connectivity index is 1.33. The van der Waals surface area contributed by atoms with Crippen molar-refractivity contribution >= 4 is 29.1 Å². The molecule has 3 aromatic rings. The molecular weight excluding hydrogens is 384 g/mol. The monoisotopic (exact) mass is 408 g/mol. The maximum Gasteiger partial charge on any atom is 0.119 e.